The van der Waals surface area contributed by atoms with Crippen molar-refractivity contribution in [3.63, 3.8) is 0 Å². The number of hydrogen-bond acceptors (Lipinski definition) is 3. The van der Waals surface area contributed by atoms with Crippen LogP contribution in [0.3, 0.4) is 0 Å². The molecule has 3 rings (SSSR count). The van der Waals surface area contributed by atoms with Gasteiger partial charge in [0.2, 0.25) is 0 Å². The van der Waals surface area contributed by atoms with Crippen molar-refractivity contribution in [2.75, 3.05) is 11.4 Å². The number of nitrogens with zero attached hydrogens (tertiary/aromatic N) is 2. The molecule has 2 aromatic rings. The second-order valence-corrected chi connectivity index (χ2v) is 7.90. The second kappa shape index (κ2) is 5.62. The van der Waals surface area contributed by atoms with Crippen molar-refractivity contribution >= 4 is 11.8 Å². The van der Waals surface area contributed by atoms with E-state index in [9.17, 15) is 4.79 Å². The maximum absolute atomic E-state index is 12.6. The summed E-state index contributed by atoms with van der Waals surface area (Å²) in [5, 5.41) is 0. The third kappa shape index (κ3) is 3.14. The molecule has 0 atom stereocenters. The molecule has 0 N–H and O–H groups in total. The van der Waals surface area contributed by atoms with Crippen molar-refractivity contribution in [1.29, 1.82) is 0 Å². The summed E-state index contributed by atoms with van der Waals surface area (Å²) in [4.78, 5) is 19.0. The molecule has 1 aliphatic rings. The van der Waals surface area contributed by atoms with Crippen molar-refractivity contribution < 1.29 is 9.53 Å². The molecule has 0 saturated heterocycles. The van der Waals surface area contributed by atoms with Crippen LogP contribution >= 0.6 is 0 Å². The first-order chi connectivity index (χ1) is 11.2. The van der Waals surface area contributed by atoms with E-state index in [4.69, 9.17) is 4.74 Å². The largest absolute Gasteiger partial charge is 0.443 e. The average Bonchev–Trinajstić information content (AvgIpc) is 2.78. The summed E-state index contributed by atoms with van der Waals surface area (Å²) >= 11 is 0. The molecule has 4 heteroatoms. The van der Waals surface area contributed by atoms with Crippen molar-refractivity contribution in [2.24, 2.45) is 0 Å². The molecule has 0 radical (unpaired) electrons. The first-order valence-corrected chi connectivity index (χ1v) is 8.24. The SMILES string of the molecule is CC(C)(C)OC(=O)N1CC(C)(C)c2cnc(-c3ccccc3)cc21. The van der Waals surface area contributed by atoms with E-state index in [1.54, 1.807) is 4.90 Å². The molecule has 0 fully saturated rings. The van der Waals surface area contributed by atoms with Crippen LogP contribution in [0.25, 0.3) is 11.3 Å². The standard InChI is InChI=1S/C20H24N2O2/c1-19(2,3)24-18(23)22-13-20(4,5)15-12-21-16(11-17(15)22)14-9-7-6-8-10-14/h6-12H,13H2,1-5H3. The summed E-state index contributed by atoms with van der Waals surface area (Å²) in [6.07, 6.45) is 1.58. The number of aromatic nitrogens is 1. The lowest BCUT2D eigenvalue weighted by molar-refractivity contribution is 0.0579. The van der Waals surface area contributed by atoms with Gasteiger partial charge in [-0.05, 0) is 26.8 Å². The molecule has 1 aromatic heterocycles. The Morgan fingerprint density at radius 3 is 2.50 bits per heavy atom. The van der Waals surface area contributed by atoms with E-state index in [2.05, 4.69) is 18.8 Å². The lowest BCUT2D eigenvalue weighted by Crippen LogP contribution is -2.38. The Labute approximate surface area is 143 Å². The van der Waals surface area contributed by atoms with Gasteiger partial charge in [0.15, 0.2) is 0 Å². The monoisotopic (exact) mass is 324 g/mol. The molecule has 0 unspecified atom stereocenters. The Morgan fingerprint density at radius 2 is 1.88 bits per heavy atom. The number of ether oxygens (including phenoxy) is 1. The molecule has 24 heavy (non-hydrogen) atoms. The highest BCUT2D eigenvalue weighted by Crippen LogP contribution is 2.42. The number of fused-ring (bicyclic) bond motifs is 1. The number of benzene rings is 1. The minimum Gasteiger partial charge on any atom is -0.443 e. The number of pyridine rings is 1. The maximum Gasteiger partial charge on any atom is 0.414 e. The van der Waals surface area contributed by atoms with E-state index < -0.39 is 5.60 Å². The van der Waals surface area contributed by atoms with Crippen LogP contribution in [0.5, 0.6) is 0 Å². The lowest BCUT2D eigenvalue weighted by atomic mass is 9.88. The Kier molecular flexibility index (Phi) is 3.86. The fraction of sp³-hybridized carbons (Fsp3) is 0.400. The van der Waals surface area contributed by atoms with Crippen molar-refractivity contribution in [3.05, 3.63) is 48.2 Å². The fourth-order valence-corrected chi connectivity index (χ4v) is 3.00. The number of hydrogen-bond donors (Lipinski definition) is 0. The highest BCUT2D eigenvalue weighted by atomic mass is 16.6. The van der Waals surface area contributed by atoms with Gasteiger partial charge >= 0.3 is 6.09 Å². The first kappa shape index (κ1) is 16.5. The Balaban J connectivity index is 2.02. The zero-order valence-corrected chi connectivity index (χ0v) is 15.0. The zero-order chi connectivity index (χ0) is 17.5. The van der Waals surface area contributed by atoms with E-state index in [0.717, 1.165) is 22.5 Å². The summed E-state index contributed by atoms with van der Waals surface area (Å²) in [6.45, 7) is 10.5. The highest BCUT2D eigenvalue weighted by Gasteiger charge is 2.40. The van der Waals surface area contributed by atoms with E-state index >= 15 is 0 Å². The molecule has 126 valence electrons. The first-order valence-electron chi connectivity index (χ1n) is 8.24. The van der Waals surface area contributed by atoms with Crippen LogP contribution in [0.4, 0.5) is 10.5 Å². The quantitative estimate of drug-likeness (QED) is 0.758. The van der Waals surface area contributed by atoms with Gasteiger partial charge in [-0.2, -0.15) is 0 Å². The summed E-state index contributed by atoms with van der Waals surface area (Å²) in [5.74, 6) is 0. The minimum absolute atomic E-state index is 0.144. The van der Waals surface area contributed by atoms with E-state index in [1.165, 1.54) is 0 Å². The third-order valence-electron chi connectivity index (χ3n) is 4.14. The van der Waals surface area contributed by atoms with Gasteiger partial charge < -0.3 is 4.74 Å². The van der Waals surface area contributed by atoms with Gasteiger partial charge in [-0.25, -0.2) is 4.79 Å². The van der Waals surface area contributed by atoms with Gasteiger partial charge in [-0.1, -0.05) is 44.2 Å². The van der Waals surface area contributed by atoms with Gasteiger partial charge in [0.05, 0.1) is 11.4 Å². The van der Waals surface area contributed by atoms with Crippen LogP contribution in [0.1, 0.15) is 40.2 Å². The van der Waals surface area contributed by atoms with E-state index in [1.807, 2.05) is 63.4 Å². The summed E-state index contributed by atoms with van der Waals surface area (Å²) in [5.41, 5.74) is 3.21. The van der Waals surface area contributed by atoms with Crippen molar-refractivity contribution in [3.8, 4) is 11.3 Å². The van der Waals surface area contributed by atoms with Crippen LogP contribution in [-0.2, 0) is 10.2 Å². The topological polar surface area (TPSA) is 42.4 Å². The molecule has 0 bridgehead atoms. The van der Waals surface area contributed by atoms with Crippen LogP contribution in [-0.4, -0.2) is 23.2 Å². The molecule has 4 nitrogen and oxygen atoms in total. The number of rotatable bonds is 1. The van der Waals surface area contributed by atoms with Crippen LogP contribution in [0.15, 0.2) is 42.6 Å². The van der Waals surface area contributed by atoms with Crippen LogP contribution in [0.2, 0.25) is 0 Å². The predicted octanol–water partition coefficient (Wildman–Crippen LogP) is 4.78. The van der Waals surface area contributed by atoms with Gasteiger partial charge in [0.25, 0.3) is 0 Å². The zero-order valence-electron chi connectivity index (χ0n) is 15.0. The Bertz CT molecular complexity index is 761. The average molecular weight is 324 g/mol. The molecule has 2 heterocycles. The number of carbonyl (C=O) groups excluding carboxylic acids is 1. The van der Waals surface area contributed by atoms with E-state index in [-0.39, 0.29) is 11.5 Å². The maximum atomic E-state index is 12.6. The van der Waals surface area contributed by atoms with Crippen molar-refractivity contribution in [2.45, 2.75) is 45.6 Å². The molecule has 0 spiro atoms. The minimum atomic E-state index is -0.515. The molecule has 1 amide bonds. The number of carbonyl (C=O) groups is 1. The second-order valence-electron chi connectivity index (χ2n) is 7.90. The van der Waals surface area contributed by atoms with Gasteiger partial charge in [-0.15, -0.1) is 0 Å². The lowest BCUT2D eigenvalue weighted by Gasteiger charge is -2.26. The van der Waals surface area contributed by atoms with Crippen LogP contribution < -0.4 is 4.90 Å². The molecule has 0 saturated carbocycles. The molecular weight excluding hydrogens is 300 g/mol. The fourth-order valence-electron chi connectivity index (χ4n) is 3.00. The Morgan fingerprint density at radius 1 is 1.21 bits per heavy atom. The summed E-state index contributed by atoms with van der Waals surface area (Å²) in [7, 11) is 0. The number of anilines is 1. The van der Waals surface area contributed by atoms with E-state index in [0.29, 0.717) is 6.54 Å². The molecular formula is C20H24N2O2. The summed E-state index contributed by atoms with van der Waals surface area (Å²) in [6, 6.07) is 12.0. The Hall–Kier alpha value is -2.36. The highest BCUT2D eigenvalue weighted by molar-refractivity contribution is 5.92. The number of amides is 1. The van der Waals surface area contributed by atoms with Crippen LogP contribution in [0, 0.1) is 0 Å². The predicted molar refractivity (Wildman–Crippen MR) is 96.3 cm³/mol. The smallest absolute Gasteiger partial charge is 0.414 e. The molecule has 1 aromatic carbocycles. The summed E-state index contributed by atoms with van der Waals surface area (Å²) < 4.78 is 5.58. The normalized spacial score (nSPS) is 16.0. The molecule has 0 aliphatic carbocycles. The van der Waals surface area contributed by atoms with Gasteiger partial charge in [0.1, 0.15) is 5.60 Å². The molecule has 1 aliphatic heterocycles. The van der Waals surface area contributed by atoms with Gasteiger partial charge in [0, 0.05) is 29.3 Å². The third-order valence-corrected chi connectivity index (χ3v) is 4.14. The van der Waals surface area contributed by atoms with Gasteiger partial charge in [-0.3, -0.25) is 9.88 Å². The van der Waals surface area contributed by atoms with Crippen molar-refractivity contribution in [1.82, 2.24) is 4.98 Å².